The Bertz CT molecular complexity index is 7070. The first-order chi connectivity index (χ1) is 59.9. The van der Waals surface area contributed by atoms with E-state index >= 15 is 0 Å². The molecule has 0 aliphatic carbocycles. The molecule has 0 saturated carbocycles. The first-order valence-corrected chi connectivity index (χ1v) is 43.7. The third-order valence-electron chi connectivity index (χ3n) is 24.7. The number of piperazine rings is 3. The van der Waals surface area contributed by atoms with E-state index in [1.54, 1.807) is 46.4 Å². The van der Waals surface area contributed by atoms with Crippen LogP contribution in [0, 0.1) is 55.4 Å². The minimum Gasteiger partial charge on any atom is -0.370 e. The molecule has 4 aliphatic rings. The van der Waals surface area contributed by atoms with Crippen molar-refractivity contribution in [1.29, 1.82) is 0 Å². The Kier molecular flexibility index (Phi) is 23.1. The molecule has 20 rings (SSSR count). The van der Waals surface area contributed by atoms with E-state index in [-0.39, 0.29) is 27.8 Å². The van der Waals surface area contributed by atoms with E-state index in [0.717, 1.165) is 205 Å². The summed E-state index contributed by atoms with van der Waals surface area (Å²) in [5.74, 6) is 0. The van der Waals surface area contributed by atoms with Crippen LogP contribution in [0.1, 0.15) is 132 Å². The number of pyridine rings is 4. The van der Waals surface area contributed by atoms with Crippen LogP contribution in [-0.2, 0) is 6.42 Å². The van der Waals surface area contributed by atoms with Gasteiger partial charge in [0.05, 0.1) is 126 Å². The van der Waals surface area contributed by atoms with Crippen molar-refractivity contribution in [3.05, 3.63) is 245 Å². The van der Waals surface area contributed by atoms with Crippen LogP contribution in [0.25, 0.3) is 89.9 Å². The van der Waals surface area contributed by atoms with Gasteiger partial charge in [-0.05, 0) is 195 Å². The lowest BCUT2D eigenvalue weighted by Crippen LogP contribution is -2.54. The number of aromatic nitrogens is 18. The molecule has 4 saturated heterocycles. The third kappa shape index (κ3) is 17.6. The number of nitrogens with zero attached hydrogens (tertiary/aromatic N) is 23. The molecule has 16 aromatic rings. The van der Waals surface area contributed by atoms with Crippen molar-refractivity contribution >= 4 is 67.4 Å². The molecule has 30 heteroatoms. The van der Waals surface area contributed by atoms with Gasteiger partial charge in [-0.3, -0.25) is 61.6 Å². The van der Waals surface area contributed by atoms with Crippen molar-refractivity contribution in [3.8, 4) is 45.3 Å². The van der Waals surface area contributed by atoms with E-state index in [1.165, 1.54) is 0 Å². The van der Waals surface area contributed by atoms with Crippen molar-refractivity contribution in [1.82, 2.24) is 101 Å². The molecule has 30 nitrogen and oxygen atoms in total. The summed E-state index contributed by atoms with van der Waals surface area (Å²) < 4.78 is 14.3. The molecule has 0 bridgehead atoms. The maximum Gasteiger partial charge on any atom is 0.258 e. The van der Waals surface area contributed by atoms with E-state index in [0.29, 0.717) is 87.0 Å². The monoisotopic (exact) mass is 1680 g/mol. The Morgan fingerprint density at radius 1 is 0.440 bits per heavy atom. The number of nitrogens with one attached hydrogen (secondary N) is 2. The van der Waals surface area contributed by atoms with Gasteiger partial charge in [0.2, 0.25) is 0 Å². The van der Waals surface area contributed by atoms with E-state index in [4.69, 9.17) is 30.8 Å². The van der Waals surface area contributed by atoms with Gasteiger partial charge in [0.1, 0.15) is 34.0 Å². The number of aryl methyl sites for hydroxylation is 9. The summed E-state index contributed by atoms with van der Waals surface area (Å²) in [6.45, 7) is 42.7. The second-order valence-corrected chi connectivity index (χ2v) is 35.2. The van der Waals surface area contributed by atoms with Crippen LogP contribution >= 0.6 is 0 Å². The highest BCUT2D eigenvalue weighted by Crippen LogP contribution is 2.32. The molecule has 646 valence electrons. The number of hydrogen-bond acceptors (Lipinski definition) is 22. The minimum atomic E-state index is -0.108. The molecule has 4 N–H and O–H groups in total. The molecule has 0 unspecified atom stereocenters. The Hall–Kier alpha value is -12.9. The lowest BCUT2D eigenvalue weighted by atomic mass is 9.91. The molecule has 0 radical (unpaired) electrons. The number of rotatable bonds is 12. The van der Waals surface area contributed by atoms with E-state index < -0.39 is 0 Å². The zero-order valence-corrected chi connectivity index (χ0v) is 74.4. The molecule has 0 aromatic carbocycles. The van der Waals surface area contributed by atoms with Crippen LogP contribution in [0.2, 0.25) is 0 Å². The fraction of sp³-hybridized carbons (Fsp3) is 0.389. The molecule has 125 heavy (non-hydrogen) atoms. The minimum absolute atomic E-state index is 0.0676. The average Bonchev–Trinajstić information content (AvgIpc) is 1.77. The van der Waals surface area contributed by atoms with Gasteiger partial charge in [0.25, 0.3) is 22.2 Å². The van der Waals surface area contributed by atoms with Crippen LogP contribution in [0.4, 0.5) is 22.7 Å². The Labute approximate surface area is 724 Å². The maximum absolute atomic E-state index is 13.1. The predicted molar refractivity (Wildman–Crippen MR) is 496 cm³/mol. The lowest BCUT2D eigenvalue weighted by Gasteiger charge is -2.43. The summed E-state index contributed by atoms with van der Waals surface area (Å²) in [6, 6.07) is 30.7. The SMILES string of the molecule is CCCc1nc(C)cn2nc(-c3cc(=O)n4cc(N5C[C@@H](C)N[C@@H](C)C5)ccc4n3)cc12.CC[C@H]1CN(c2cc(C)c3nc(-c4cc5c(C)nc(C)cn5n4)cc(=O)n3c2)CCN1.Cc1cn2cc(-c3cc(=O)n4cc(N5CCC(C)(N)CC5)ccc4n3)cc2c(C)n1.Cc1cn2cc(-c3cc(=O)n4cc(N5CCN(C(C)C)[C@H](C)C5)ccc4n3)cc2c(C)n1. The van der Waals surface area contributed by atoms with Gasteiger partial charge in [-0.2, -0.15) is 10.2 Å². The largest absolute Gasteiger partial charge is 0.370 e. The summed E-state index contributed by atoms with van der Waals surface area (Å²) in [6.07, 6.45) is 24.3. The lowest BCUT2D eigenvalue weighted by molar-refractivity contribution is 0.148. The van der Waals surface area contributed by atoms with Crippen LogP contribution in [0.5, 0.6) is 0 Å². The Morgan fingerprint density at radius 3 is 1.44 bits per heavy atom. The normalized spacial score (nSPS) is 17.6. The quantitative estimate of drug-likeness (QED) is 0.102. The molecule has 4 aliphatic heterocycles. The highest BCUT2D eigenvalue weighted by molar-refractivity contribution is 5.74. The van der Waals surface area contributed by atoms with Crippen LogP contribution in [0.15, 0.2) is 172 Å². The molecule has 4 fully saturated rings. The van der Waals surface area contributed by atoms with Gasteiger partial charge >= 0.3 is 0 Å². The van der Waals surface area contributed by atoms with E-state index in [1.807, 2.05) is 181 Å². The molecular formula is C95H112N26O4. The number of hydrogen-bond donors (Lipinski definition) is 3. The number of piperidine rings is 1. The maximum atomic E-state index is 13.1. The van der Waals surface area contributed by atoms with E-state index in [9.17, 15) is 19.2 Å². The van der Waals surface area contributed by atoms with Crippen molar-refractivity contribution in [2.24, 2.45) is 5.73 Å². The Morgan fingerprint density at radius 2 is 0.904 bits per heavy atom. The van der Waals surface area contributed by atoms with Gasteiger partial charge < -0.3 is 44.8 Å². The first-order valence-electron chi connectivity index (χ1n) is 43.7. The molecular weight excluding hydrogens is 1570 g/mol. The summed E-state index contributed by atoms with van der Waals surface area (Å²) in [5.41, 5.74) is 30.7. The predicted octanol–water partition coefficient (Wildman–Crippen LogP) is 11.9. The summed E-state index contributed by atoms with van der Waals surface area (Å²) >= 11 is 0. The van der Waals surface area contributed by atoms with E-state index in [2.05, 4.69) is 132 Å². The van der Waals surface area contributed by atoms with Crippen LogP contribution < -0.4 is 58.2 Å². The topological polar surface area (TPSA) is 299 Å². The highest BCUT2D eigenvalue weighted by atomic mass is 16.1. The second kappa shape index (κ2) is 34.3. The molecule has 20 heterocycles. The van der Waals surface area contributed by atoms with Gasteiger partial charge in [0, 0.05) is 186 Å². The number of anilines is 4. The van der Waals surface area contributed by atoms with Crippen LogP contribution in [-0.4, -0.2) is 192 Å². The summed E-state index contributed by atoms with van der Waals surface area (Å²) in [7, 11) is 0. The third-order valence-corrected chi connectivity index (χ3v) is 24.7. The van der Waals surface area contributed by atoms with Crippen molar-refractivity contribution in [3.63, 3.8) is 0 Å². The average molecular weight is 1680 g/mol. The fourth-order valence-electron chi connectivity index (χ4n) is 18.3. The van der Waals surface area contributed by atoms with Gasteiger partial charge in [-0.25, -0.2) is 29.0 Å². The molecule has 4 atom stereocenters. The van der Waals surface area contributed by atoms with Crippen molar-refractivity contribution in [2.75, 3.05) is 85.0 Å². The molecule has 16 aromatic heterocycles. The number of nitrogens with two attached hydrogens (primary N) is 1. The summed E-state index contributed by atoms with van der Waals surface area (Å²) in [4.78, 5) is 101. The van der Waals surface area contributed by atoms with Gasteiger partial charge in [0.15, 0.2) is 0 Å². The van der Waals surface area contributed by atoms with Crippen molar-refractivity contribution < 1.29 is 0 Å². The standard InChI is InChI=1S/C25H30N6O.C24H29N7O.C23H27N7O.C23H26N6O/c1-16(2)30-9-8-28(13-18(30)4)21-6-7-24-27-22(11-25(32)31(24)15-21)20-10-23-19(5)26-17(3)12-29(23)14-20;1-5-6-19-22-9-21(28-31(22)13-17(4)26-19)20-10-24(32)30-14-18(7-8-23(30)27-20)29-11-15(2)25-16(3)12-29;1-5-17-12-28(7-6-24-17)18-8-14(2)23-26-19(10-22(31)29(23)13-18)20-9-21-16(4)25-15(3)11-30(21)27-20;1-15-12-28-13-17(10-20(28)16(2)25-15)19-11-22(30)29-14-18(4-5-21(29)26-19)27-8-6-23(3,24)7-9-27/h6-7,10-12,14-16,18H,8-9,13H2,1-5H3;7-10,13-16,25H,5-6,11-12H2,1-4H3;8-11,13,17,24H,5-7,12H2,1-4H3;4-5,10-14H,6-9,24H2,1-3H3/t18-;15-,16+;17-;/m1.0./s1. The van der Waals surface area contributed by atoms with Gasteiger partial charge in [-0.15, -0.1) is 0 Å². The van der Waals surface area contributed by atoms with Gasteiger partial charge in [-0.1, -0.05) is 20.3 Å². The highest BCUT2D eigenvalue weighted by Gasteiger charge is 2.30. The number of fused-ring (bicyclic) bond motifs is 8. The Balaban J connectivity index is 0.000000118. The zero-order chi connectivity index (χ0) is 87.7. The van der Waals surface area contributed by atoms with Crippen molar-refractivity contribution in [2.45, 2.75) is 179 Å². The fourth-order valence-corrected chi connectivity index (χ4v) is 18.3. The zero-order valence-electron chi connectivity index (χ0n) is 74.4. The van der Waals surface area contributed by atoms with Crippen LogP contribution in [0.3, 0.4) is 0 Å². The second-order valence-electron chi connectivity index (χ2n) is 35.2. The smallest absolute Gasteiger partial charge is 0.258 e. The first kappa shape index (κ1) is 84.3. The summed E-state index contributed by atoms with van der Waals surface area (Å²) in [5, 5.41) is 16.4. The molecule has 0 amide bonds. The molecule has 0 spiro atoms.